The van der Waals surface area contributed by atoms with Crippen LogP contribution in [0.3, 0.4) is 0 Å². The van der Waals surface area contributed by atoms with Crippen molar-refractivity contribution in [3.63, 3.8) is 0 Å². The lowest BCUT2D eigenvalue weighted by Gasteiger charge is -2.05. The molecule has 0 N–H and O–H groups in total. The highest BCUT2D eigenvalue weighted by atomic mass is 16.5. The van der Waals surface area contributed by atoms with Gasteiger partial charge in [0.05, 0.1) is 25.0 Å². The van der Waals surface area contributed by atoms with Crippen molar-refractivity contribution in [2.45, 2.75) is 25.8 Å². The summed E-state index contributed by atoms with van der Waals surface area (Å²) < 4.78 is 6.17. The zero-order valence-electron chi connectivity index (χ0n) is 11.5. The van der Waals surface area contributed by atoms with E-state index in [-0.39, 0.29) is 24.5 Å². The number of carbonyl (C=O) groups is 1. The smallest absolute Gasteiger partial charge is 0.307 e. The molecule has 0 aliphatic heterocycles. The van der Waals surface area contributed by atoms with Gasteiger partial charge in [-0.05, 0) is 18.6 Å². The highest BCUT2D eigenvalue weighted by molar-refractivity contribution is 5.76. The van der Waals surface area contributed by atoms with E-state index >= 15 is 0 Å². The van der Waals surface area contributed by atoms with Crippen LogP contribution >= 0.6 is 0 Å². The second-order valence-corrected chi connectivity index (χ2v) is 4.41. The van der Waals surface area contributed by atoms with Gasteiger partial charge in [-0.3, -0.25) is 9.59 Å². The van der Waals surface area contributed by atoms with Gasteiger partial charge in [0.15, 0.2) is 0 Å². The first-order valence-corrected chi connectivity index (χ1v) is 6.64. The number of carbonyl (C=O) groups excluding carboxylic acids is 1. The SMILES string of the molecule is C#CCCCOC(=O)CCn1nnc2ccccc2c1=O. The lowest BCUT2D eigenvalue weighted by molar-refractivity contribution is -0.144. The van der Waals surface area contributed by atoms with Crippen LogP contribution in [0.2, 0.25) is 0 Å². The maximum Gasteiger partial charge on any atom is 0.307 e. The standard InChI is InChI=1S/C15H15N3O3/c1-2-3-6-11-21-14(19)9-10-18-15(20)12-7-4-5-8-13(12)16-17-18/h1,4-5,7-8H,3,6,9-11H2. The number of aromatic nitrogens is 3. The van der Waals surface area contributed by atoms with E-state index in [0.29, 0.717) is 30.4 Å². The zero-order chi connectivity index (χ0) is 15.1. The van der Waals surface area contributed by atoms with Crippen molar-refractivity contribution in [2.24, 2.45) is 0 Å². The molecule has 0 aliphatic rings. The molecule has 108 valence electrons. The fraction of sp³-hybridized carbons (Fsp3) is 0.333. The zero-order valence-corrected chi connectivity index (χ0v) is 11.5. The molecule has 0 saturated heterocycles. The molecule has 2 aromatic rings. The number of aryl methyl sites for hydroxylation is 1. The van der Waals surface area contributed by atoms with Gasteiger partial charge < -0.3 is 4.74 Å². The van der Waals surface area contributed by atoms with Crippen LogP contribution in [-0.2, 0) is 16.1 Å². The van der Waals surface area contributed by atoms with Crippen molar-refractivity contribution >= 4 is 16.9 Å². The van der Waals surface area contributed by atoms with Crippen molar-refractivity contribution in [3.8, 4) is 12.3 Å². The summed E-state index contributed by atoms with van der Waals surface area (Å²) in [5, 5.41) is 8.23. The molecule has 1 aromatic carbocycles. The Morgan fingerprint density at radius 1 is 1.38 bits per heavy atom. The fourth-order valence-corrected chi connectivity index (χ4v) is 1.80. The quantitative estimate of drug-likeness (QED) is 0.452. The van der Waals surface area contributed by atoms with Crippen LogP contribution in [0.25, 0.3) is 10.9 Å². The normalized spacial score (nSPS) is 10.2. The number of hydrogen-bond donors (Lipinski definition) is 0. The number of terminal acetylenes is 1. The molecule has 0 bridgehead atoms. The third-order valence-corrected chi connectivity index (χ3v) is 2.89. The van der Waals surface area contributed by atoms with Crippen molar-refractivity contribution in [3.05, 3.63) is 34.6 Å². The van der Waals surface area contributed by atoms with E-state index in [9.17, 15) is 9.59 Å². The number of benzene rings is 1. The minimum Gasteiger partial charge on any atom is -0.466 e. The van der Waals surface area contributed by atoms with Crippen LogP contribution in [0, 0.1) is 12.3 Å². The second kappa shape index (κ2) is 7.20. The molecule has 0 amide bonds. The lowest BCUT2D eigenvalue weighted by atomic mass is 10.2. The Labute approximate surface area is 121 Å². The second-order valence-electron chi connectivity index (χ2n) is 4.41. The van der Waals surface area contributed by atoms with Gasteiger partial charge in [-0.1, -0.05) is 17.3 Å². The van der Waals surface area contributed by atoms with Gasteiger partial charge in [0.25, 0.3) is 5.56 Å². The number of nitrogens with zero attached hydrogens (tertiary/aromatic N) is 3. The summed E-state index contributed by atoms with van der Waals surface area (Å²) in [7, 11) is 0. The predicted molar refractivity (Wildman–Crippen MR) is 77.4 cm³/mol. The van der Waals surface area contributed by atoms with Crippen molar-refractivity contribution in [1.82, 2.24) is 15.0 Å². The molecule has 0 saturated carbocycles. The first kappa shape index (κ1) is 14.7. The third-order valence-electron chi connectivity index (χ3n) is 2.89. The number of unbranched alkanes of at least 4 members (excludes halogenated alkanes) is 1. The van der Waals surface area contributed by atoms with Crippen LogP contribution in [-0.4, -0.2) is 27.6 Å². The molecule has 0 aliphatic carbocycles. The van der Waals surface area contributed by atoms with E-state index in [1.54, 1.807) is 24.3 Å². The van der Waals surface area contributed by atoms with E-state index in [1.165, 1.54) is 4.68 Å². The molecule has 1 heterocycles. The fourth-order valence-electron chi connectivity index (χ4n) is 1.80. The van der Waals surface area contributed by atoms with Crippen LogP contribution in [0.1, 0.15) is 19.3 Å². The third kappa shape index (κ3) is 3.89. The van der Waals surface area contributed by atoms with E-state index in [0.717, 1.165) is 0 Å². The minimum absolute atomic E-state index is 0.0724. The average Bonchev–Trinajstić information content (AvgIpc) is 2.51. The highest BCUT2D eigenvalue weighted by Gasteiger charge is 2.08. The summed E-state index contributed by atoms with van der Waals surface area (Å²) >= 11 is 0. The monoisotopic (exact) mass is 285 g/mol. The Bertz CT molecular complexity index is 731. The van der Waals surface area contributed by atoms with Gasteiger partial charge in [0, 0.05) is 6.42 Å². The summed E-state index contributed by atoms with van der Waals surface area (Å²) in [5.74, 6) is 2.09. The number of fused-ring (bicyclic) bond motifs is 1. The van der Waals surface area contributed by atoms with E-state index in [4.69, 9.17) is 11.2 Å². The molecule has 2 rings (SSSR count). The Hall–Kier alpha value is -2.68. The van der Waals surface area contributed by atoms with Gasteiger partial charge in [-0.2, -0.15) is 0 Å². The number of hydrogen-bond acceptors (Lipinski definition) is 5. The Balaban J connectivity index is 1.95. The predicted octanol–water partition coefficient (Wildman–Crippen LogP) is 1.14. The Kier molecular flexibility index (Phi) is 5.04. The van der Waals surface area contributed by atoms with E-state index < -0.39 is 0 Å². The van der Waals surface area contributed by atoms with Gasteiger partial charge in [-0.25, -0.2) is 4.68 Å². The number of esters is 1. The van der Waals surface area contributed by atoms with E-state index in [2.05, 4.69) is 16.2 Å². The summed E-state index contributed by atoms with van der Waals surface area (Å²) in [6.07, 6.45) is 6.38. The Morgan fingerprint density at radius 3 is 3.00 bits per heavy atom. The van der Waals surface area contributed by atoms with Gasteiger partial charge in [0.1, 0.15) is 5.52 Å². The Morgan fingerprint density at radius 2 is 2.19 bits per heavy atom. The maximum atomic E-state index is 12.1. The van der Waals surface area contributed by atoms with Crippen molar-refractivity contribution in [1.29, 1.82) is 0 Å². The molecule has 0 radical (unpaired) electrons. The highest BCUT2D eigenvalue weighted by Crippen LogP contribution is 2.03. The summed E-state index contributed by atoms with van der Waals surface area (Å²) in [4.78, 5) is 23.6. The van der Waals surface area contributed by atoms with Crippen molar-refractivity contribution < 1.29 is 9.53 Å². The molecular formula is C15H15N3O3. The molecule has 0 atom stereocenters. The van der Waals surface area contributed by atoms with Crippen LogP contribution in [0.15, 0.2) is 29.1 Å². The first-order valence-electron chi connectivity index (χ1n) is 6.64. The summed E-state index contributed by atoms with van der Waals surface area (Å²) in [5.41, 5.74) is 0.274. The summed E-state index contributed by atoms with van der Waals surface area (Å²) in [6, 6.07) is 6.94. The van der Waals surface area contributed by atoms with Gasteiger partial charge >= 0.3 is 5.97 Å². The number of ether oxygens (including phenoxy) is 1. The first-order chi connectivity index (χ1) is 10.2. The lowest BCUT2D eigenvalue weighted by Crippen LogP contribution is -2.25. The molecule has 0 spiro atoms. The molecule has 0 unspecified atom stereocenters. The van der Waals surface area contributed by atoms with Gasteiger partial charge in [0.2, 0.25) is 0 Å². The number of rotatable bonds is 6. The largest absolute Gasteiger partial charge is 0.466 e. The van der Waals surface area contributed by atoms with Crippen LogP contribution in [0.4, 0.5) is 0 Å². The summed E-state index contributed by atoms with van der Waals surface area (Å²) in [6.45, 7) is 0.436. The molecule has 6 nitrogen and oxygen atoms in total. The maximum absolute atomic E-state index is 12.1. The molecule has 0 fully saturated rings. The van der Waals surface area contributed by atoms with E-state index in [1.807, 2.05) is 0 Å². The molecule has 21 heavy (non-hydrogen) atoms. The van der Waals surface area contributed by atoms with Gasteiger partial charge in [-0.15, -0.1) is 17.4 Å². The van der Waals surface area contributed by atoms with Crippen LogP contribution in [0.5, 0.6) is 0 Å². The topological polar surface area (TPSA) is 74.1 Å². The minimum atomic E-state index is -0.381. The molecular weight excluding hydrogens is 270 g/mol. The van der Waals surface area contributed by atoms with Crippen molar-refractivity contribution in [2.75, 3.05) is 6.61 Å². The molecule has 1 aromatic heterocycles. The average molecular weight is 285 g/mol. The molecule has 6 heteroatoms. The van der Waals surface area contributed by atoms with Crippen LogP contribution < -0.4 is 5.56 Å².